The molecule has 5 heavy (non-hydrogen) atoms. The van der Waals surface area contributed by atoms with Crippen molar-refractivity contribution in [3.05, 3.63) is 0 Å². The Kier molecular flexibility index (Phi) is 201. The van der Waals surface area contributed by atoms with Crippen LogP contribution in [0.2, 0.25) is 0 Å². The molecule has 0 aromatic carbocycles. The molecule has 0 unspecified atom stereocenters. The van der Waals surface area contributed by atoms with E-state index in [-0.39, 0.29) is 113 Å². The second-order valence-electron chi connectivity index (χ2n) is 0. The van der Waals surface area contributed by atoms with Crippen LogP contribution >= 0.6 is 0 Å². The van der Waals surface area contributed by atoms with Gasteiger partial charge in [-0.2, -0.15) is 0 Å². The number of hydrogen-bond donors (Lipinski definition) is 0. The minimum Gasteiger partial charge on any atom is -1.00 e. The van der Waals surface area contributed by atoms with Crippen molar-refractivity contribution < 1.29 is 89.7 Å². The molecule has 5 heteroatoms. The molecule has 0 aliphatic rings. The van der Waals surface area contributed by atoms with Crippen LogP contribution in [-0.4, -0.2) is 23.1 Å². The largest absolute Gasteiger partial charge is 2.00 e. The second kappa shape index (κ2) is 25.8. The van der Waals surface area contributed by atoms with E-state index < -0.39 is 0 Å². The van der Waals surface area contributed by atoms with Crippen molar-refractivity contribution in [2.24, 2.45) is 0 Å². The second-order valence-corrected chi connectivity index (χ2v) is 0. The zero-order chi connectivity index (χ0) is 0. The third-order valence-electron chi connectivity index (χ3n) is 0. The Labute approximate surface area is 111 Å². The maximum absolute atomic E-state index is 0. The van der Waals surface area contributed by atoms with Crippen LogP contribution in [0.4, 0.5) is 0 Å². The summed E-state index contributed by atoms with van der Waals surface area (Å²) in [5.41, 5.74) is 0. The van der Waals surface area contributed by atoms with Gasteiger partial charge in [-0.05, 0) is 0 Å². The monoisotopic (exact) mass is 216 g/mol. The zero-order valence-corrected chi connectivity index (χ0v) is 9.98. The van der Waals surface area contributed by atoms with Crippen molar-refractivity contribution in [3.63, 3.8) is 0 Å². The third kappa shape index (κ3) is 18.5. The normalized spacial score (nSPS) is 0. The first-order valence-corrected chi connectivity index (χ1v) is 0. The predicted octanol–water partition coefficient (Wildman–Crippen LogP) is -3.05. The van der Waals surface area contributed by atoms with Crippen molar-refractivity contribution >= 4 is 23.1 Å². The van der Waals surface area contributed by atoms with Gasteiger partial charge in [0.1, 0.15) is 0 Å². The number of rotatable bonds is 0. The Morgan fingerprint density at radius 1 is 1.20 bits per heavy atom. The van der Waals surface area contributed by atoms with Crippen LogP contribution in [0.25, 0.3) is 0 Å². The van der Waals surface area contributed by atoms with Crippen molar-refractivity contribution in [2.45, 2.75) is 0 Å². The molecule has 0 fully saturated rings. The Morgan fingerprint density at radius 2 is 1.20 bits per heavy atom. The van der Waals surface area contributed by atoms with E-state index in [2.05, 4.69) is 0 Å². The Balaban J connectivity index is 0. The standard InChI is InChI=1S/Cu.Mg.Mn.Na.Ti.3H/q;+2;;+1;;3*-1. The molecule has 0 saturated carbocycles. The molecule has 0 aromatic rings. The van der Waals surface area contributed by atoms with Gasteiger partial charge in [0, 0.05) is 55.9 Å². The van der Waals surface area contributed by atoms with E-state index >= 15 is 0 Å². The fourth-order valence-corrected chi connectivity index (χ4v) is 0. The molecule has 0 aliphatic carbocycles. The summed E-state index contributed by atoms with van der Waals surface area (Å²) in [6.45, 7) is 0. The quantitative estimate of drug-likeness (QED) is 0.378. The zero-order valence-electron chi connectivity index (χ0n) is 5.89. The summed E-state index contributed by atoms with van der Waals surface area (Å²) in [6.07, 6.45) is 0. The molecule has 28 valence electrons. The molecule has 0 amide bonds. The fraction of sp³-hybridized carbons (Fsp3) is 0. The molecule has 0 nitrogen and oxygen atoms in total. The van der Waals surface area contributed by atoms with Crippen LogP contribution in [-0.2, 0) is 55.9 Å². The van der Waals surface area contributed by atoms with Gasteiger partial charge < -0.3 is 4.28 Å². The molecule has 0 bridgehead atoms. The first-order chi connectivity index (χ1) is 0. The van der Waals surface area contributed by atoms with Crippen LogP contribution in [0.5, 0.6) is 0 Å². The molecule has 0 aliphatic heterocycles. The van der Waals surface area contributed by atoms with E-state index in [1.54, 1.807) is 0 Å². The van der Waals surface area contributed by atoms with Crippen LogP contribution < -0.4 is 29.6 Å². The number of hydrogen-bond acceptors (Lipinski definition) is 0. The van der Waals surface area contributed by atoms with Crippen LogP contribution in [0.3, 0.4) is 0 Å². The summed E-state index contributed by atoms with van der Waals surface area (Å²) in [4.78, 5) is 0. The van der Waals surface area contributed by atoms with Gasteiger partial charge in [-0.3, -0.25) is 0 Å². The molecule has 2 radical (unpaired) electrons. The summed E-state index contributed by atoms with van der Waals surface area (Å²) in [7, 11) is 0. The maximum atomic E-state index is 0. The summed E-state index contributed by atoms with van der Waals surface area (Å²) in [5, 5.41) is 0. The van der Waals surface area contributed by atoms with E-state index in [1.807, 2.05) is 0 Å². The van der Waals surface area contributed by atoms with E-state index in [4.69, 9.17) is 0 Å². The van der Waals surface area contributed by atoms with Crippen molar-refractivity contribution in [1.82, 2.24) is 0 Å². The van der Waals surface area contributed by atoms with Gasteiger partial charge in [0.25, 0.3) is 0 Å². The van der Waals surface area contributed by atoms with E-state index in [0.717, 1.165) is 0 Å². The molecular weight excluding hydrogens is 214 g/mol. The topological polar surface area (TPSA) is 0 Å². The summed E-state index contributed by atoms with van der Waals surface area (Å²) in [6, 6.07) is 0. The van der Waals surface area contributed by atoms with E-state index in [9.17, 15) is 0 Å². The average Bonchev–Trinajstić information content (AvgIpc) is 0. The van der Waals surface area contributed by atoms with Gasteiger partial charge in [-0.1, -0.05) is 0 Å². The average molecular weight is 217 g/mol. The molecule has 0 aromatic heterocycles. The van der Waals surface area contributed by atoms with Crippen molar-refractivity contribution in [3.8, 4) is 0 Å². The Morgan fingerprint density at radius 3 is 1.20 bits per heavy atom. The third-order valence-corrected chi connectivity index (χ3v) is 0. The van der Waals surface area contributed by atoms with Gasteiger partial charge >= 0.3 is 52.6 Å². The summed E-state index contributed by atoms with van der Waals surface area (Å²) >= 11 is 0. The van der Waals surface area contributed by atoms with Crippen molar-refractivity contribution in [1.29, 1.82) is 0 Å². The first kappa shape index (κ1) is 38.9. The minimum atomic E-state index is 0. The van der Waals surface area contributed by atoms with Gasteiger partial charge in [-0.25, -0.2) is 0 Å². The molecule has 0 rings (SSSR count). The van der Waals surface area contributed by atoms with Gasteiger partial charge in [0.2, 0.25) is 0 Å². The van der Waals surface area contributed by atoms with Crippen molar-refractivity contribution in [2.75, 3.05) is 0 Å². The summed E-state index contributed by atoms with van der Waals surface area (Å²) < 4.78 is 0. The van der Waals surface area contributed by atoms with Crippen LogP contribution in [0.15, 0.2) is 0 Å². The first-order valence-electron chi connectivity index (χ1n) is 0. The summed E-state index contributed by atoms with van der Waals surface area (Å²) in [5.74, 6) is 0. The van der Waals surface area contributed by atoms with E-state index in [1.165, 1.54) is 0 Å². The Bertz CT molecular complexity index is 19.2. The molecule has 0 spiro atoms. The molecule has 0 heterocycles. The van der Waals surface area contributed by atoms with Crippen LogP contribution in [0, 0.1) is 0 Å². The van der Waals surface area contributed by atoms with Crippen LogP contribution in [0.1, 0.15) is 4.28 Å². The maximum Gasteiger partial charge on any atom is 2.00 e. The fourth-order valence-electron chi connectivity index (χ4n) is 0. The molecule has 0 saturated heterocycles. The van der Waals surface area contributed by atoms with Gasteiger partial charge in [0.05, 0.1) is 0 Å². The molecule has 0 atom stereocenters. The molecule has 0 N–H and O–H groups in total. The minimum absolute atomic E-state index is 0. The predicted molar refractivity (Wildman–Crippen MR) is 9.09 cm³/mol. The van der Waals surface area contributed by atoms with Gasteiger partial charge in [-0.15, -0.1) is 0 Å². The molecular formula is H3CuMgMnNaTi. The van der Waals surface area contributed by atoms with E-state index in [0.29, 0.717) is 0 Å². The smallest absolute Gasteiger partial charge is 1.00 e. The van der Waals surface area contributed by atoms with Gasteiger partial charge in [0.15, 0.2) is 0 Å². The Hall–Kier alpha value is 3.52. The SMILES string of the molecule is [Cu].[H-].[H-].[H-].[Mg+2].[Mn].[Na+].[Ti].